The zero-order chi connectivity index (χ0) is 12.9. The number of rotatable bonds is 4. The second-order valence-electron chi connectivity index (χ2n) is 4.14. The number of aliphatic hydroxyl groups is 1. The minimum absolute atomic E-state index is 0.112. The molecule has 1 unspecified atom stereocenters. The molecule has 1 atom stereocenters. The molecule has 0 bridgehead atoms. The van der Waals surface area contributed by atoms with E-state index in [0.717, 1.165) is 0 Å². The van der Waals surface area contributed by atoms with Crippen LogP contribution in [-0.2, 0) is 0 Å². The lowest BCUT2D eigenvalue weighted by atomic mass is 10.0. The van der Waals surface area contributed by atoms with Crippen molar-refractivity contribution in [2.24, 2.45) is 0 Å². The maximum atomic E-state index is 13.2. The number of anilines is 1. The quantitative estimate of drug-likeness (QED) is 0.754. The van der Waals surface area contributed by atoms with E-state index in [9.17, 15) is 14.3 Å². The lowest BCUT2D eigenvalue weighted by Crippen LogP contribution is -2.41. The van der Waals surface area contributed by atoms with Crippen molar-refractivity contribution in [1.29, 1.82) is 0 Å². The second-order valence-corrected chi connectivity index (χ2v) is 4.14. The van der Waals surface area contributed by atoms with E-state index in [2.05, 4.69) is 10.6 Å². The third-order valence-electron chi connectivity index (χ3n) is 2.51. The number of hydrogen-bond acceptors (Lipinski definition) is 2. The molecule has 0 aromatic heterocycles. The number of para-hydroxylation sites is 1. The molecule has 0 heterocycles. The minimum atomic E-state index is -0.952. The van der Waals surface area contributed by atoms with E-state index < -0.39 is 17.4 Å². The van der Waals surface area contributed by atoms with Gasteiger partial charge in [0.05, 0.1) is 11.3 Å². The zero-order valence-electron chi connectivity index (χ0n) is 9.96. The highest BCUT2D eigenvalue weighted by Crippen LogP contribution is 2.12. The Morgan fingerprint density at radius 2 is 2.12 bits per heavy atom. The average molecular weight is 240 g/mol. The number of amides is 2. The van der Waals surface area contributed by atoms with Crippen molar-refractivity contribution in [3.8, 4) is 0 Å². The van der Waals surface area contributed by atoms with Crippen molar-refractivity contribution in [2.75, 3.05) is 11.9 Å². The van der Waals surface area contributed by atoms with Crippen molar-refractivity contribution in [2.45, 2.75) is 25.9 Å². The Bertz CT molecular complexity index is 394. The summed E-state index contributed by atoms with van der Waals surface area (Å²) in [6.07, 6.45) is 0.521. The van der Waals surface area contributed by atoms with Crippen LogP contribution >= 0.6 is 0 Å². The Hall–Kier alpha value is -1.62. The number of benzene rings is 1. The van der Waals surface area contributed by atoms with Crippen molar-refractivity contribution in [1.82, 2.24) is 5.32 Å². The van der Waals surface area contributed by atoms with E-state index in [1.54, 1.807) is 19.1 Å². The molecule has 0 radical (unpaired) electrons. The summed E-state index contributed by atoms with van der Waals surface area (Å²) in [5.74, 6) is -0.495. The monoisotopic (exact) mass is 240 g/mol. The highest BCUT2D eigenvalue weighted by atomic mass is 19.1. The van der Waals surface area contributed by atoms with Crippen molar-refractivity contribution < 1.29 is 14.3 Å². The van der Waals surface area contributed by atoms with Crippen LogP contribution < -0.4 is 10.6 Å². The summed E-state index contributed by atoms with van der Waals surface area (Å²) < 4.78 is 13.2. The van der Waals surface area contributed by atoms with Gasteiger partial charge < -0.3 is 15.7 Å². The van der Waals surface area contributed by atoms with Gasteiger partial charge in [-0.25, -0.2) is 9.18 Å². The van der Waals surface area contributed by atoms with E-state index in [1.165, 1.54) is 12.1 Å². The van der Waals surface area contributed by atoms with Gasteiger partial charge in [0.1, 0.15) is 5.82 Å². The molecule has 0 saturated carbocycles. The Labute approximate surface area is 99.8 Å². The molecule has 1 aromatic rings. The van der Waals surface area contributed by atoms with E-state index >= 15 is 0 Å². The van der Waals surface area contributed by atoms with Gasteiger partial charge in [-0.2, -0.15) is 0 Å². The first-order chi connectivity index (χ1) is 7.94. The fraction of sp³-hybridized carbons (Fsp3) is 0.417. The van der Waals surface area contributed by atoms with Crippen LogP contribution in [0.5, 0.6) is 0 Å². The normalized spacial score (nSPS) is 13.9. The summed E-state index contributed by atoms with van der Waals surface area (Å²) in [6, 6.07) is 5.36. The molecule has 1 rings (SSSR count). The molecule has 0 fully saturated rings. The second kappa shape index (κ2) is 5.63. The molecule has 94 valence electrons. The fourth-order valence-electron chi connectivity index (χ4n) is 1.12. The smallest absolute Gasteiger partial charge is 0.319 e. The molecule has 1 aromatic carbocycles. The zero-order valence-corrected chi connectivity index (χ0v) is 9.96. The first-order valence-corrected chi connectivity index (χ1v) is 5.46. The van der Waals surface area contributed by atoms with Gasteiger partial charge in [-0.3, -0.25) is 0 Å². The number of hydrogen-bond donors (Lipinski definition) is 3. The van der Waals surface area contributed by atoms with Crippen molar-refractivity contribution >= 4 is 11.7 Å². The number of carbonyl (C=O) groups excluding carboxylic acids is 1. The van der Waals surface area contributed by atoms with Crippen LogP contribution in [0.15, 0.2) is 24.3 Å². The molecule has 4 nitrogen and oxygen atoms in total. The first kappa shape index (κ1) is 13.4. The molecule has 0 spiro atoms. The van der Waals surface area contributed by atoms with Gasteiger partial charge in [0.2, 0.25) is 0 Å². The highest BCUT2D eigenvalue weighted by Gasteiger charge is 2.18. The molecule has 2 amide bonds. The van der Waals surface area contributed by atoms with Crippen molar-refractivity contribution in [3.63, 3.8) is 0 Å². The third kappa shape index (κ3) is 4.40. The Morgan fingerprint density at radius 3 is 2.71 bits per heavy atom. The van der Waals surface area contributed by atoms with Gasteiger partial charge in [-0.1, -0.05) is 19.1 Å². The molecular formula is C12H17FN2O2. The fourth-order valence-corrected chi connectivity index (χ4v) is 1.12. The van der Waals surface area contributed by atoms with Crippen LogP contribution in [0.25, 0.3) is 0 Å². The minimum Gasteiger partial charge on any atom is -0.388 e. The number of urea groups is 1. The van der Waals surface area contributed by atoms with Gasteiger partial charge in [0.25, 0.3) is 0 Å². The standard InChI is InChI=1S/C12H17FN2O2/c1-3-12(2,17)8-14-11(16)15-10-7-5-4-6-9(10)13/h4-7,17H,3,8H2,1-2H3,(H2,14,15,16). The molecule has 0 aliphatic rings. The summed E-state index contributed by atoms with van der Waals surface area (Å²) in [6.45, 7) is 3.55. The van der Waals surface area contributed by atoms with Gasteiger partial charge in [0, 0.05) is 6.54 Å². The van der Waals surface area contributed by atoms with Gasteiger partial charge in [-0.15, -0.1) is 0 Å². The van der Waals surface area contributed by atoms with Crippen LogP contribution in [-0.4, -0.2) is 23.3 Å². The Balaban J connectivity index is 2.48. The Morgan fingerprint density at radius 1 is 1.47 bits per heavy atom. The topological polar surface area (TPSA) is 61.4 Å². The van der Waals surface area contributed by atoms with E-state index in [1.807, 2.05) is 6.92 Å². The van der Waals surface area contributed by atoms with Gasteiger partial charge >= 0.3 is 6.03 Å². The maximum Gasteiger partial charge on any atom is 0.319 e. The van der Waals surface area contributed by atoms with E-state index in [4.69, 9.17) is 0 Å². The molecule has 3 N–H and O–H groups in total. The van der Waals surface area contributed by atoms with Crippen LogP contribution in [0, 0.1) is 5.82 Å². The molecule has 0 saturated heterocycles. The first-order valence-electron chi connectivity index (χ1n) is 5.46. The van der Waals surface area contributed by atoms with Crippen LogP contribution in [0.2, 0.25) is 0 Å². The molecule has 17 heavy (non-hydrogen) atoms. The summed E-state index contributed by atoms with van der Waals surface area (Å²) in [5.41, 5.74) is -0.840. The third-order valence-corrected chi connectivity index (χ3v) is 2.51. The summed E-state index contributed by atoms with van der Waals surface area (Å²) >= 11 is 0. The van der Waals surface area contributed by atoms with Gasteiger partial charge in [-0.05, 0) is 25.5 Å². The van der Waals surface area contributed by atoms with Crippen LogP contribution in [0.4, 0.5) is 14.9 Å². The SMILES string of the molecule is CCC(C)(O)CNC(=O)Nc1ccccc1F. The lowest BCUT2D eigenvalue weighted by Gasteiger charge is -2.21. The maximum absolute atomic E-state index is 13.2. The average Bonchev–Trinajstić information content (AvgIpc) is 2.30. The summed E-state index contributed by atoms with van der Waals surface area (Å²) in [7, 11) is 0. The molecule has 0 aliphatic heterocycles. The van der Waals surface area contributed by atoms with Crippen LogP contribution in [0.1, 0.15) is 20.3 Å². The van der Waals surface area contributed by atoms with Crippen molar-refractivity contribution in [3.05, 3.63) is 30.1 Å². The highest BCUT2D eigenvalue weighted by molar-refractivity contribution is 5.89. The lowest BCUT2D eigenvalue weighted by molar-refractivity contribution is 0.0587. The predicted octanol–water partition coefficient (Wildman–Crippen LogP) is 2.11. The van der Waals surface area contributed by atoms with E-state index in [0.29, 0.717) is 6.42 Å². The molecule has 5 heteroatoms. The Kier molecular flexibility index (Phi) is 4.45. The largest absolute Gasteiger partial charge is 0.388 e. The number of nitrogens with one attached hydrogen (secondary N) is 2. The van der Waals surface area contributed by atoms with Gasteiger partial charge in [0.15, 0.2) is 0 Å². The molecular weight excluding hydrogens is 223 g/mol. The van der Waals surface area contributed by atoms with E-state index in [-0.39, 0.29) is 12.2 Å². The number of carbonyl (C=O) groups is 1. The summed E-state index contributed by atoms with van der Waals surface area (Å²) in [4.78, 5) is 11.4. The van der Waals surface area contributed by atoms with Crippen LogP contribution in [0.3, 0.4) is 0 Å². The number of halogens is 1. The predicted molar refractivity (Wildman–Crippen MR) is 64.3 cm³/mol. The summed E-state index contributed by atoms with van der Waals surface area (Å²) in [5, 5.41) is 14.5. The molecule has 0 aliphatic carbocycles.